The zero-order chi connectivity index (χ0) is 20.1. The van der Waals surface area contributed by atoms with E-state index in [9.17, 15) is 35.9 Å². The molecule has 7 nitrogen and oxygen atoms in total. The number of hydrogen-bond acceptors (Lipinski definition) is 4. The molecule has 3 heterocycles. The van der Waals surface area contributed by atoms with E-state index in [-0.39, 0.29) is 5.56 Å². The van der Waals surface area contributed by atoms with Gasteiger partial charge < -0.3 is 0 Å². The first kappa shape index (κ1) is 18.9. The second-order valence-corrected chi connectivity index (χ2v) is 5.83. The van der Waals surface area contributed by atoms with Gasteiger partial charge in [-0.3, -0.25) is 23.7 Å². The number of aryl methyl sites for hydroxylation is 1. The molecule has 0 atom stereocenters. The van der Waals surface area contributed by atoms with Crippen LogP contribution in [0.15, 0.2) is 17.2 Å². The van der Waals surface area contributed by atoms with Crippen molar-refractivity contribution in [3.05, 3.63) is 28.4 Å². The maximum atomic E-state index is 13.4. The molecule has 13 heteroatoms. The summed E-state index contributed by atoms with van der Waals surface area (Å²) in [5.74, 6) is -1.07. The predicted octanol–water partition coefficient (Wildman–Crippen LogP) is 2.05. The molecule has 0 saturated heterocycles. The Bertz CT molecular complexity index is 958. The van der Waals surface area contributed by atoms with Gasteiger partial charge in [0.1, 0.15) is 6.54 Å². The number of halogens is 6. The van der Waals surface area contributed by atoms with Crippen LogP contribution in [0.5, 0.6) is 0 Å². The minimum Gasteiger partial charge on any atom is -0.284 e. The van der Waals surface area contributed by atoms with Crippen molar-refractivity contribution in [1.82, 2.24) is 19.3 Å². The number of likely N-dealkylation sites (N-methyl/N-ethyl adjacent to an activating group) is 1. The van der Waals surface area contributed by atoms with E-state index in [0.717, 1.165) is 26.5 Å². The Kier molecular flexibility index (Phi) is 4.27. The molecule has 0 bridgehead atoms. The van der Waals surface area contributed by atoms with Crippen LogP contribution in [-0.2, 0) is 24.1 Å². The highest BCUT2D eigenvalue weighted by molar-refractivity contribution is 5.94. The highest BCUT2D eigenvalue weighted by Gasteiger charge is 2.41. The van der Waals surface area contributed by atoms with E-state index in [4.69, 9.17) is 0 Å². The zero-order valence-corrected chi connectivity index (χ0v) is 13.6. The highest BCUT2D eigenvalue weighted by atomic mass is 19.4. The lowest BCUT2D eigenvalue weighted by atomic mass is 10.1. The molecule has 0 aliphatic carbocycles. The molecule has 1 amide bonds. The Balaban J connectivity index is 2.11. The molecule has 0 radical (unpaired) electrons. The average molecular weight is 395 g/mol. The summed E-state index contributed by atoms with van der Waals surface area (Å²) in [4.78, 5) is 28.5. The van der Waals surface area contributed by atoms with Crippen LogP contribution in [-0.4, -0.2) is 38.5 Å². The fraction of sp³-hybridized carbons (Fsp3) is 0.429. The largest absolute Gasteiger partial charge is 0.434 e. The van der Waals surface area contributed by atoms with Gasteiger partial charge in [-0.2, -0.15) is 31.4 Å². The maximum Gasteiger partial charge on any atom is 0.434 e. The number of amides is 1. The van der Waals surface area contributed by atoms with E-state index >= 15 is 0 Å². The smallest absolute Gasteiger partial charge is 0.284 e. The molecule has 1 aliphatic heterocycles. The molecule has 2 aromatic heterocycles. The lowest BCUT2D eigenvalue weighted by Gasteiger charge is -2.15. The quantitative estimate of drug-likeness (QED) is 0.746. The molecule has 3 rings (SSSR count). The maximum absolute atomic E-state index is 13.4. The summed E-state index contributed by atoms with van der Waals surface area (Å²) in [6.45, 7) is -1.10. The number of nitrogens with zero attached hydrogens (tertiary/aromatic N) is 5. The first-order valence-electron chi connectivity index (χ1n) is 7.46. The second kappa shape index (κ2) is 6.09. The fourth-order valence-electron chi connectivity index (χ4n) is 2.62. The first-order chi connectivity index (χ1) is 12.4. The lowest BCUT2D eigenvalue weighted by molar-refractivity contribution is -0.140. The van der Waals surface area contributed by atoms with Gasteiger partial charge in [-0.25, -0.2) is 4.98 Å². The lowest BCUT2D eigenvalue weighted by Crippen LogP contribution is -2.27. The molecule has 0 fully saturated rings. The van der Waals surface area contributed by atoms with Gasteiger partial charge in [0.2, 0.25) is 11.9 Å². The molecular weight excluding hydrogens is 384 g/mol. The third-order valence-corrected chi connectivity index (χ3v) is 3.93. The number of carbonyl (C=O) groups excluding carboxylic acids is 1. The number of hydrogen-bond donors (Lipinski definition) is 0. The molecule has 2 aromatic rings. The van der Waals surface area contributed by atoms with Gasteiger partial charge in [-0.05, 0) is 0 Å². The summed E-state index contributed by atoms with van der Waals surface area (Å²) in [5, 5.41) is 3.58. The monoisotopic (exact) mass is 395 g/mol. The highest BCUT2D eigenvalue weighted by Crippen LogP contribution is 2.35. The van der Waals surface area contributed by atoms with E-state index in [0.29, 0.717) is 0 Å². The minimum absolute atomic E-state index is 0.334. The van der Waals surface area contributed by atoms with Crippen molar-refractivity contribution in [1.29, 1.82) is 0 Å². The topological polar surface area (TPSA) is 73.0 Å². The Morgan fingerprint density at radius 2 is 1.81 bits per heavy atom. The van der Waals surface area contributed by atoms with Crippen molar-refractivity contribution in [3.63, 3.8) is 0 Å². The molecule has 1 aliphatic rings. The standard InChI is InChI=1S/C14H11F6N5O2/c1-23-8(26)6-25-11(27)9(10(14(18,19)20)22-12(23)25)7-4-21-24(5-7)3-2-13(15,16)17/h4-5H,2-3,6H2,1H3. The van der Waals surface area contributed by atoms with Crippen molar-refractivity contribution in [2.75, 3.05) is 11.9 Å². The van der Waals surface area contributed by atoms with Crippen LogP contribution < -0.4 is 10.5 Å². The number of aromatic nitrogens is 4. The molecule has 0 spiro atoms. The van der Waals surface area contributed by atoms with Gasteiger partial charge in [0.15, 0.2) is 5.69 Å². The number of fused-ring (bicyclic) bond motifs is 1. The molecule has 0 unspecified atom stereocenters. The van der Waals surface area contributed by atoms with Crippen molar-refractivity contribution in [2.45, 2.75) is 31.9 Å². The molecular formula is C14H11F6N5O2. The number of anilines is 1. The fourth-order valence-corrected chi connectivity index (χ4v) is 2.62. The second-order valence-electron chi connectivity index (χ2n) is 5.83. The summed E-state index contributed by atoms with van der Waals surface area (Å²) < 4.78 is 78.7. The predicted molar refractivity (Wildman–Crippen MR) is 78.8 cm³/mol. The van der Waals surface area contributed by atoms with Crippen LogP contribution in [0.1, 0.15) is 12.1 Å². The third-order valence-electron chi connectivity index (χ3n) is 3.93. The van der Waals surface area contributed by atoms with E-state index < -0.39 is 60.5 Å². The molecule has 27 heavy (non-hydrogen) atoms. The summed E-state index contributed by atoms with van der Waals surface area (Å²) >= 11 is 0. The van der Waals surface area contributed by atoms with Crippen LogP contribution in [0, 0.1) is 0 Å². The van der Waals surface area contributed by atoms with Crippen LogP contribution in [0.3, 0.4) is 0 Å². The van der Waals surface area contributed by atoms with Gasteiger partial charge in [0.05, 0.1) is 18.2 Å². The first-order valence-corrected chi connectivity index (χ1v) is 7.46. The van der Waals surface area contributed by atoms with Crippen molar-refractivity contribution < 1.29 is 31.1 Å². The summed E-state index contributed by atoms with van der Waals surface area (Å²) in [6.07, 6.45) is -8.96. The normalized spacial score (nSPS) is 14.8. The SMILES string of the molecule is CN1C(=O)Cn2c1nc(C(F)(F)F)c(-c1cnn(CCC(F)(F)F)c1)c2=O. The van der Waals surface area contributed by atoms with Gasteiger partial charge >= 0.3 is 12.4 Å². The van der Waals surface area contributed by atoms with Gasteiger partial charge in [-0.15, -0.1) is 0 Å². The summed E-state index contributed by atoms with van der Waals surface area (Å²) in [7, 11) is 1.18. The van der Waals surface area contributed by atoms with Crippen LogP contribution in [0.25, 0.3) is 11.1 Å². The number of rotatable bonds is 3. The van der Waals surface area contributed by atoms with Crippen LogP contribution in [0.2, 0.25) is 0 Å². The van der Waals surface area contributed by atoms with E-state index in [2.05, 4.69) is 10.1 Å². The Morgan fingerprint density at radius 1 is 1.15 bits per heavy atom. The van der Waals surface area contributed by atoms with Crippen molar-refractivity contribution >= 4 is 11.9 Å². The Labute approximate surface area is 146 Å². The summed E-state index contributed by atoms with van der Waals surface area (Å²) in [6, 6.07) is 0. The van der Waals surface area contributed by atoms with Crippen LogP contribution >= 0.6 is 0 Å². The van der Waals surface area contributed by atoms with Crippen molar-refractivity contribution in [3.8, 4) is 11.1 Å². The molecule has 0 N–H and O–H groups in total. The Hall–Kier alpha value is -2.86. The summed E-state index contributed by atoms with van der Waals surface area (Å²) in [5.41, 5.74) is -3.86. The van der Waals surface area contributed by atoms with E-state index in [1.165, 1.54) is 7.05 Å². The van der Waals surface area contributed by atoms with Gasteiger partial charge in [0.25, 0.3) is 5.56 Å². The van der Waals surface area contributed by atoms with Gasteiger partial charge in [0, 0.05) is 25.4 Å². The third kappa shape index (κ3) is 3.53. The van der Waals surface area contributed by atoms with E-state index in [1.54, 1.807) is 0 Å². The molecule has 146 valence electrons. The van der Waals surface area contributed by atoms with Gasteiger partial charge in [-0.1, -0.05) is 0 Å². The number of carbonyl (C=O) groups is 1. The minimum atomic E-state index is -5.02. The molecule has 0 aromatic carbocycles. The van der Waals surface area contributed by atoms with Crippen LogP contribution in [0.4, 0.5) is 32.3 Å². The number of alkyl halides is 6. The molecule has 0 saturated carbocycles. The zero-order valence-electron chi connectivity index (χ0n) is 13.6. The Morgan fingerprint density at radius 3 is 2.41 bits per heavy atom. The van der Waals surface area contributed by atoms with E-state index in [1.807, 2.05) is 0 Å². The van der Waals surface area contributed by atoms with Crippen molar-refractivity contribution in [2.24, 2.45) is 0 Å². The average Bonchev–Trinajstić information content (AvgIpc) is 3.10.